The molecule has 0 aromatic carbocycles. The summed E-state index contributed by atoms with van der Waals surface area (Å²) in [4.78, 5) is 23.3. The van der Waals surface area contributed by atoms with E-state index in [1.165, 1.54) is 96.3 Å². The van der Waals surface area contributed by atoms with Crippen LogP contribution in [0.2, 0.25) is 0 Å². The summed E-state index contributed by atoms with van der Waals surface area (Å²) in [6, 6.07) is 0. The lowest BCUT2D eigenvalue weighted by atomic mass is 10.1. The predicted molar refractivity (Wildman–Crippen MR) is 199 cm³/mol. The van der Waals surface area contributed by atoms with E-state index in [0.717, 1.165) is 77.0 Å². The number of ether oxygens (including phenoxy) is 1. The molecule has 4 heteroatoms. The van der Waals surface area contributed by atoms with Crippen molar-refractivity contribution in [1.82, 2.24) is 0 Å². The highest BCUT2D eigenvalue weighted by molar-refractivity contribution is 5.69. The van der Waals surface area contributed by atoms with Gasteiger partial charge in [-0.25, -0.2) is 0 Å². The average molecular weight is 643 g/mol. The Morgan fingerprint density at radius 1 is 0.500 bits per heavy atom. The summed E-state index contributed by atoms with van der Waals surface area (Å²) in [5.41, 5.74) is 0. The molecule has 1 unspecified atom stereocenters. The molecule has 0 spiro atoms. The molecule has 0 amide bonds. The standard InChI is InChI=1S/C42H74O4/c1-3-5-7-9-11-13-14-15-16-17-18-19-20-21-23-25-31-35-39-42(45)46-40(36-32-28-24-22-12-10-8-6-4-2)37-33-29-26-27-30-34-38-41(43)44/h13-14,16-17,22,24,32,36,40H,3-12,15,18-21,23,25-31,33-35,37-39H2,1-2H3,(H,43,44)/b14-13-,17-16-,24-22-,36-32-. The van der Waals surface area contributed by atoms with Crippen LogP contribution in [0, 0.1) is 0 Å². The number of carbonyl (C=O) groups excluding carboxylic acids is 1. The van der Waals surface area contributed by atoms with Crippen LogP contribution < -0.4 is 0 Å². The molecular formula is C42H74O4. The Morgan fingerprint density at radius 3 is 1.41 bits per heavy atom. The fourth-order valence-corrected chi connectivity index (χ4v) is 5.57. The van der Waals surface area contributed by atoms with Crippen molar-refractivity contribution in [3.05, 3.63) is 48.6 Å². The Hall–Kier alpha value is -2.10. The topological polar surface area (TPSA) is 63.6 Å². The second kappa shape index (κ2) is 37.4. The fraction of sp³-hybridized carbons (Fsp3) is 0.762. The van der Waals surface area contributed by atoms with Gasteiger partial charge < -0.3 is 9.84 Å². The number of carboxylic acid groups (broad SMARTS) is 1. The molecule has 0 bridgehead atoms. The molecule has 0 aliphatic rings. The largest absolute Gasteiger partial charge is 0.481 e. The molecule has 4 nitrogen and oxygen atoms in total. The number of carboxylic acids is 1. The zero-order valence-corrected chi connectivity index (χ0v) is 30.4. The molecule has 266 valence electrons. The van der Waals surface area contributed by atoms with Crippen LogP contribution in [0.5, 0.6) is 0 Å². The van der Waals surface area contributed by atoms with Crippen molar-refractivity contribution in [2.45, 2.75) is 206 Å². The highest BCUT2D eigenvalue weighted by atomic mass is 16.5. The van der Waals surface area contributed by atoms with Gasteiger partial charge in [0.25, 0.3) is 0 Å². The second-order valence-electron chi connectivity index (χ2n) is 13.1. The van der Waals surface area contributed by atoms with E-state index in [4.69, 9.17) is 9.84 Å². The molecule has 0 aromatic heterocycles. The molecule has 0 saturated heterocycles. The number of rotatable bonds is 35. The van der Waals surface area contributed by atoms with Crippen LogP contribution in [0.3, 0.4) is 0 Å². The van der Waals surface area contributed by atoms with Gasteiger partial charge in [-0.2, -0.15) is 0 Å². The normalized spacial score (nSPS) is 12.7. The SMILES string of the molecule is CCCCCC/C=C\C/C=C\CCCCCCCCCC(=O)OC(/C=C\C/C=C\CCCCCC)CCCCCCCCC(=O)O. The first-order valence-corrected chi connectivity index (χ1v) is 19.6. The Morgan fingerprint density at radius 2 is 0.913 bits per heavy atom. The molecule has 0 rings (SSSR count). The number of allylic oxidation sites excluding steroid dienone is 7. The smallest absolute Gasteiger partial charge is 0.306 e. The Bertz CT molecular complexity index is 779. The summed E-state index contributed by atoms with van der Waals surface area (Å²) in [6.45, 7) is 4.50. The summed E-state index contributed by atoms with van der Waals surface area (Å²) in [7, 11) is 0. The van der Waals surface area contributed by atoms with Crippen LogP contribution in [0.4, 0.5) is 0 Å². The van der Waals surface area contributed by atoms with E-state index < -0.39 is 5.97 Å². The zero-order chi connectivity index (χ0) is 33.6. The highest BCUT2D eigenvalue weighted by Gasteiger charge is 2.11. The third-order valence-corrected chi connectivity index (χ3v) is 8.51. The molecule has 0 saturated carbocycles. The van der Waals surface area contributed by atoms with E-state index in [2.05, 4.69) is 62.5 Å². The number of unbranched alkanes of at least 4 members (excludes halogenated alkanes) is 20. The molecule has 0 fully saturated rings. The van der Waals surface area contributed by atoms with Gasteiger partial charge in [-0.1, -0.05) is 153 Å². The minimum Gasteiger partial charge on any atom is -0.481 e. The first-order valence-electron chi connectivity index (χ1n) is 19.6. The van der Waals surface area contributed by atoms with Crippen LogP contribution in [-0.4, -0.2) is 23.1 Å². The van der Waals surface area contributed by atoms with E-state index >= 15 is 0 Å². The van der Waals surface area contributed by atoms with Gasteiger partial charge in [0.05, 0.1) is 0 Å². The lowest BCUT2D eigenvalue weighted by Crippen LogP contribution is -2.16. The van der Waals surface area contributed by atoms with E-state index in [-0.39, 0.29) is 18.5 Å². The quantitative estimate of drug-likeness (QED) is 0.0424. The van der Waals surface area contributed by atoms with E-state index in [0.29, 0.717) is 6.42 Å². The van der Waals surface area contributed by atoms with Gasteiger partial charge in [0.15, 0.2) is 0 Å². The van der Waals surface area contributed by atoms with Crippen molar-refractivity contribution >= 4 is 11.9 Å². The maximum atomic E-state index is 12.6. The summed E-state index contributed by atoms with van der Waals surface area (Å²) in [6.07, 6.45) is 50.0. The van der Waals surface area contributed by atoms with Crippen molar-refractivity contribution in [3.8, 4) is 0 Å². The van der Waals surface area contributed by atoms with Crippen LogP contribution >= 0.6 is 0 Å². The van der Waals surface area contributed by atoms with Crippen LogP contribution in [-0.2, 0) is 14.3 Å². The van der Waals surface area contributed by atoms with Gasteiger partial charge in [-0.15, -0.1) is 0 Å². The number of aliphatic carboxylic acids is 1. The fourth-order valence-electron chi connectivity index (χ4n) is 5.57. The van der Waals surface area contributed by atoms with Gasteiger partial charge >= 0.3 is 11.9 Å². The van der Waals surface area contributed by atoms with Gasteiger partial charge in [-0.05, 0) is 83.1 Å². The lowest BCUT2D eigenvalue weighted by molar-refractivity contribution is -0.147. The maximum Gasteiger partial charge on any atom is 0.306 e. The molecule has 0 heterocycles. The van der Waals surface area contributed by atoms with Crippen molar-refractivity contribution in [1.29, 1.82) is 0 Å². The average Bonchev–Trinajstić information content (AvgIpc) is 3.04. The number of hydrogen-bond acceptors (Lipinski definition) is 3. The monoisotopic (exact) mass is 643 g/mol. The molecule has 0 aliphatic carbocycles. The number of esters is 1. The third kappa shape index (κ3) is 36.4. The maximum absolute atomic E-state index is 12.6. The minimum atomic E-state index is -0.705. The lowest BCUT2D eigenvalue weighted by Gasteiger charge is -2.14. The summed E-state index contributed by atoms with van der Waals surface area (Å²) in [5.74, 6) is -0.767. The molecule has 0 aromatic rings. The summed E-state index contributed by atoms with van der Waals surface area (Å²) >= 11 is 0. The third-order valence-electron chi connectivity index (χ3n) is 8.51. The van der Waals surface area contributed by atoms with Crippen molar-refractivity contribution in [3.63, 3.8) is 0 Å². The van der Waals surface area contributed by atoms with Gasteiger partial charge in [0, 0.05) is 12.8 Å². The molecule has 0 radical (unpaired) electrons. The first-order chi connectivity index (χ1) is 22.6. The van der Waals surface area contributed by atoms with E-state index in [1.807, 2.05) is 0 Å². The predicted octanol–water partition coefficient (Wildman–Crippen LogP) is 13.6. The van der Waals surface area contributed by atoms with Gasteiger partial charge in [0.1, 0.15) is 6.10 Å². The molecule has 0 aliphatic heterocycles. The van der Waals surface area contributed by atoms with Crippen molar-refractivity contribution in [2.75, 3.05) is 0 Å². The van der Waals surface area contributed by atoms with Gasteiger partial charge in [0.2, 0.25) is 0 Å². The second-order valence-corrected chi connectivity index (χ2v) is 13.1. The van der Waals surface area contributed by atoms with Gasteiger partial charge in [-0.3, -0.25) is 9.59 Å². The van der Waals surface area contributed by atoms with Crippen LogP contribution in [0.1, 0.15) is 200 Å². The molecule has 1 atom stereocenters. The molecular weight excluding hydrogens is 568 g/mol. The Kier molecular flexibility index (Phi) is 35.7. The summed E-state index contributed by atoms with van der Waals surface area (Å²) < 4.78 is 5.90. The molecule has 46 heavy (non-hydrogen) atoms. The van der Waals surface area contributed by atoms with E-state index in [1.54, 1.807) is 0 Å². The zero-order valence-electron chi connectivity index (χ0n) is 30.4. The Balaban J connectivity index is 4.08. The number of carbonyl (C=O) groups is 2. The van der Waals surface area contributed by atoms with Crippen molar-refractivity contribution in [2.24, 2.45) is 0 Å². The first kappa shape index (κ1) is 43.9. The van der Waals surface area contributed by atoms with Crippen molar-refractivity contribution < 1.29 is 19.4 Å². The molecule has 1 N–H and O–H groups in total. The van der Waals surface area contributed by atoms with Crippen LogP contribution in [0.15, 0.2) is 48.6 Å². The summed E-state index contributed by atoms with van der Waals surface area (Å²) in [5, 5.41) is 8.77. The van der Waals surface area contributed by atoms with E-state index in [9.17, 15) is 9.59 Å². The van der Waals surface area contributed by atoms with Crippen LogP contribution in [0.25, 0.3) is 0 Å². The minimum absolute atomic E-state index is 0.0621. The Labute approximate surface area is 285 Å². The number of hydrogen-bond donors (Lipinski definition) is 1. The highest BCUT2D eigenvalue weighted by Crippen LogP contribution is 2.15.